The standard InChI is InChI=1S/C17H26N2.2ClH/c1-4-5-17(19-12-10-18-11-13-19)16-8-6-15(7-9-16)14(2)3;;/h4,6-9,14,17-18H,1,5,10-13H2,2-3H3;2*1H/t17-;;/m1../s1. The van der Waals surface area contributed by atoms with E-state index in [0.717, 1.165) is 32.6 Å². The SMILES string of the molecule is C=CC[C@H](c1ccc(C(C)C)cc1)N1CCNCC1.Cl.Cl. The first-order valence-electron chi connectivity index (χ1n) is 7.38. The summed E-state index contributed by atoms with van der Waals surface area (Å²) >= 11 is 0. The van der Waals surface area contributed by atoms with Crippen molar-refractivity contribution in [1.29, 1.82) is 0 Å². The molecule has 0 bridgehead atoms. The summed E-state index contributed by atoms with van der Waals surface area (Å²) < 4.78 is 0. The lowest BCUT2D eigenvalue weighted by molar-refractivity contribution is 0.174. The van der Waals surface area contributed by atoms with Gasteiger partial charge in [0.05, 0.1) is 0 Å². The number of halogens is 2. The van der Waals surface area contributed by atoms with Gasteiger partial charge in [0.1, 0.15) is 0 Å². The number of hydrogen-bond acceptors (Lipinski definition) is 2. The molecule has 1 fully saturated rings. The Morgan fingerprint density at radius 2 is 1.62 bits per heavy atom. The molecule has 0 aliphatic carbocycles. The molecule has 0 saturated carbocycles. The summed E-state index contributed by atoms with van der Waals surface area (Å²) in [5, 5.41) is 3.42. The van der Waals surface area contributed by atoms with Crippen molar-refractivity contribution in [3.63, 3.8) is 0 Å². The monoisotopic (exact) mass is 330 g/mol. The van der Waals surface area contributed by atoms with Gasteiger partial charge in [-0.15, -0.1) is 31.4 Å². The number of rotatable bonds is 5. The molecule has 0 unspecified atom stereocenters. The predicted molar refractivity (Wildman–Crippen MR) is 97.0 cm³/mol. The van der Waals surface area contributed by atoms with Crippen LogP contribution in [0.4, 0.5) is 0 Å². The van der Waals surface area contributed by atoms with Gasteiger partial charge in [0.2, 0.25) is 0 Å². The lowest BCUT2D eigenvalue weighted by Gasteiger charge is -2.35. The summed E-state index contributed by atoms with van der Waals surface area (Å²) in [7, 11) is 0. The molecule has 2 rings (SSSR count). The first-order valence-corrected chi connectivity index (χ1v) is 7.38. The summed E-state index contributed by atoms with van der Waals surface area (Å²) in [6.45, 7) is 12.9. The van der Waals surface area contributed by atoms with Crippen LogP contribution in [0.1, 0.15) is 43.4 Å². The maximum Gasteiger partial charge on any atom is 0.0383 e. The van der Waals surface area contributed by atoms with Crippen LogP contribution < -0.4 is 5.32 Å². The average molecular weight is 331 g/mol. The highest BCUT2D eigenvalue weighted by molar-refractivity contribution is 5.85. The summed E-state index contributed by atoms with van der Waals surface area (Å²) in [4.78, 5) is 2.57. The van der Waals surface area contributed by atoms with E-state index in [1.54, 1.807) is 0 Å². The van der Waals surface area contributed by atoms with Crippen LogP contribution in [-0.4, -0.2) is 31.1 Å². The Labute approximate surface area is 141 Å². The van der Waals surface area contributed by atoms with E-state index in [0.29, 0.717) is 12.0 Å². The van der Waals surface area contributed by atoms with E-state index in [1.165, 1.54) is 11.1 Å². The van der Waals surface area contributed by atoms with Gasteiger partial charge in [-0.25, -0.2) is 0 Å². The molecule has 0 spiro atoms. The zero-order chi connectivity index (χ0) is 13.7. The van der Waals surface area contributed by atoms with Crippen molar-refractivity contribution in [2.24, 2.45) is 0 Å². The number of hydrogen-bond donors (Lipinski definition) is 1. The average Bonchev–Trinajstić information content (AvgIpc) is 2.46. The maximum atomic E-state index is 3.92. The normalized spacial score (nSPS) is 16.7. The molecule has 0 radical (unpaired) electrons. The number of benzene rings is 1. The van der Waals surface area contributed by atoms with Gasteiger partial charge >= 0.3 is 0 Å². The Bertz CT molecular complexity index is 398. The molecular formula is C17H28Cl2N2. The molecule has 21 heavy (non-hydrogen) atoms. The van der Waals surface area contributed by atoms with Gasteiger partial charge in [-0.1, -0.05) is 44.2 Å². The summed E-state index contributed by atoms with van der Waals surface area (Å²) in [5.41, 5.74) is 2.84. The highest BCUT2D eigenvalue weighted by Crippen LogP contribution is 2.26. The lowest BCUT2D eigenvalue weighted by Crippen LogP contribution is -2.45. The minimum absolute atomic E-state index is 0. The minimum Gasteiger partial charge on any atom is -0.314 e. The van der Waals surface area contributed by atoms with E-state index >= 15 is 0 Å². The summed E-state index contributed by atoms with van der Waals surface area (Å²) in [6, 6.07) is 9.63. The second-order valence-corrected chi connectivity index (χ2v) is 5.65. The summed E-state index contributed by atoms with van der Waals surface area (Å²) in [5.74, 6) is 0.603. The van der Waals surface area contributed by atoms with Crippen LogP contribution in [0.3, 0.4) is 0 Å². The molecule has 0 amide bonds. The lowest BCUT2D eigenvalue weighted by atomic mass is 9.96. The largest absolute Gasteiger partial charge is 0.314 e. The second kappa shape index (κ2) is 10.2. The maximum absolute atomic E-state index is 3.92. The van der Waals surface area contributed by atoms with E-state index < -0.39 is 0 Å². The van der Waals surface area contributed by atoms with Gasteiger partial charge in [0.15, 0.2) is 0 Å². The van der Waals surface area contributed by atoms with Gasteiger partial charge in [-0.3, -0.25) is 4.90 Å². The van der Waals surface area contributed by atoms with Gasteiger partial charge < -0.3 is 5.32 Å². The molecule has 2 nitrogen and oxygen atoms in total. The highest BCUT2D eigenvalue weighted by atomic mass is 35.5. The van der Waals surface area contributed by atoms with Crippen LogP contribution in [0.15, 0.2) is 36.9 Å². The van der Waals surface area contributed by atoms with Crippen molar-refractivity contribution in [2.45, 2.75) is 32.2 Å². The first-order chi connectivity index (χ1) is 9.22. The zero-order valence-electron chi connectivity index (χ0n) is 13.0. The van der Waals surface area contributed by atoms with E-state index in [-0.39, 0.29) is 24.8 Å². The molecule has 1 aliphatic heterocycles. The topological polar surface area (TPSA) is 15.3 Å². The van der Waals surface area contributed by atoms with Crippen molar-refractivity contribution in [3.05, 3.63) is 48.0 Å². The molecular weight excluding hydrogens is 303 g/mol. The Kier molecular flexibility index (Phi) is 9.97. The predicted octanol–water partition coefficient (Wildman–Crippen LogP) is 4.18. The van der Waals surface area contributed by atoms with Gasteiger partial charge in [-0.2, -0.15) is 0 Å². The fraction of sp³-hybridized carbons (Fsp3) is 0.529. The fourth-order valence-electron chi connectivity index (χ4n) is 2.75. The highest BCUT2D eigenvalue weighted by Gasteiger charge is 2.20. The Balaban J connectivity index is 0.00000200. The third-order valence-electron chi connectivity index (χ3n) is 3.97. The van der Waals surface area contributed by atoms with E-state index in [1.807, 2.05) is 6.08 Å². The quantitative estimate of drug-likeness (QED) is 0.815. The third kappa shape index (κ3) is 5.63. The molecule has 1 aromatic rings. The zero-order valence-corrected chi connectivity index (χ0v) is 14.7. The summed E-state index contributed by atoms with van der Waals surface area (Å²) in [6.07, 6.45) is 3.07. The molecule has 0 aromatic heterocycles. The number of nitrogens with zero attached hydrogens (tertiary/aromatic N) is 1. The molecule has 120 valence electrons. The Morgan fingerprint density at radius 1 is 1.10 bits per heavy atom. The molecule has 1 N–H and O–H groups in total. The van der Waals surface area contributed by atoms with Crippen LogP contribution in [0.2, 0.25) is 0 Å². The minimum atomic E-state index is 0. The van der Waals surface area contributed by atoms with Crippen LogP contribution in [0.25, 0.3) is 0 Å². The second-order valence-electron chi connectivity index (χ2n) is 5.65. The van der Waals surface area contributed by atoms with Gasteiger partial charge in [-0.05, 0) is 23.5 Å². The molecule has 4 heteroatoms. The number of piperazine rings is 1. The van der Waals surface area contributed by atoms with E-state index in [4.69, 9.17) is 0 Å². The molecule has 1 atom stereocenters. The van der Waals surface area contributed by atoms with Crippen molar-refractivity contribution >= 4 is 24.8 Å². The van der Waals surface area contributed by atoms with Gasteiger partial charge in [0, 0.05) is 32.2 Å². The first kappa shape index (κ1) is 20.5. The van der Waals surface area contributed by atoms with E-state index in [2.05, 4.69) is 54.9 Å². The Hall–Kier alpha value is -0.540. The number of nitrogens with one attached hydrogen (secondary N) is 1. The van der Waals surface area contributed by atoms with Crippen LogP contribution in [0, 0.1) is 0 Å². The van der Waals surface area contributed by atoms with Crippen molar-refractivity contribution < 1.29 is 0 Å². The van der Waals surface area contributed by atoms with Crippen molar-refractivity contribution in [3.8, 4) is 0 Å². The van der Waals surface area contributed by atoms with Crippen molar-refractivity contribution in [1.82, 2.24) is 10.2 Å². The van der Waals surface area contributed by atoms with E-state index in [9.17, 15) is 0 Å². The fourth-order valence-corrected chi connectivity index (χ4v) is 2.75. The van der Waals surface area contributed by atoms with Crippen LogP contribution in [0.5, 0.6) is 0 Å². The van der Waals surface area contributed by atoms with Crippen molar-refractivity contribution in [2.75, 3.05) is 26.2 Å². The van der Waals surface area contributed by atoms with Gasteiger partial charge in [0.25, 0.3) is 0 Å². The Morgan fingerprint density at radius 3 is 2.10 bits per heavy atom. The molecule has 1 saturated heterocycles. The van der Waals surface area contributed by atoms with Crippen LogP contribution >= 0.6 is 24.8 Å². The molecule has 1 aromatic carbocycles. The molecule has 1 aliphatic rings. The molecule has 1 heterocycles. The van der Waals surface area contributed by atoms with Crippen LogP contribution in [-0.2, 0) is 0 Å². The third-order valence-corrected chi connectivity index (χ3v) is 3.97. The smallest absolute Gasteiger partial charge is 0.0383 e.